The Labute approximate surface area is 114 Å². The predicted molar refractivity (Wildman–Crippen MR) is 76.0 cm³/mol. The number of anilines is 1. The first kappa shape index (κ1) is 14.0. The van der Waals surface area contributed by atoms with Crippen molar-refractivity contribution in [2.75, 3.05) is 11.9 Å². The Balaban J connectivity index is 2.08. The maximum Gasteiger partial charge on any atom is 0.241 e. The molecule has 0 bridgehead atoms. The topological polar surface area (TPSA) is 61.4 Å². The van der Waals surface area contributed by atoms with Crippen LogP contribution in [0, 0.1) is 5.92 Å². The summed E-state index contributed by atoms with van der Waals surface area (Å²) >= 11 is 0. The number of fused-ring (bicyclic) bond motifs is 1. The molecule has 0 aliphatic carbocycles. The minimum Gasteiger partial charge on any atom is -0.395 e. The van der Waals surface area contributed by atoms with Crippen LogP contribution < -0.4 is 10.6 Å². The molecule has 4 nitrogen and oxygen atoms in total. The number of hydrogen-bond acceptors (Lipinski definition) is 3. The fourth-order valence-electron chi connectivity index (χ4n) is 2.38. The van der Waals surface area contributed by atoms with E-state index in [1.807, 2.05) is 38.1 Å². The summed E-state index contributed by atoms with van der Waals surface area (Å²) in [4.78, 5) is 12.2. The van der Waals surface area contributed by atoms with Gasteiger partial charge in [0, 0.05) is 11.7 Å². The molecule has 1 amide bonds. The molecule has 0 fully saturated rings. The lowest BCUT2D eigenvalue weighted by atomic mass is 10.0. The highest BCUT2D eigenvalue weighted by Crippen LogP contribution is 2.22. The van der Waals surface area contributed by atoms with Gasteiger partial charge in [-0.2, -0.15) is 0 Å². The fraction of sp³-hybridized carbons (Fsp3) is 0.533. The summed E-state index contributed by atoms with van der Waals surface area (Å²) in [5.41, 5.74) is 2.08. The van der Waals surface area contributed by atoms with Crippen molar-refractivity contribution in [2.24, 2.45) is 5.92 Å². The van der Waals surface area contributed by atoms with Gasteiger partial charge < -0.3 is 15.7 Å². The number of nitrogens with one attached hydrogen (secondary N) is 2. The van der Waals surface area contributed by atoms with Gasteiger partial charge in [-0.15, -0.1) is 0 Å². The van der Waals surface area contributed by atoms with Crippen LogP contribution >= 0.6 is 0 Å². The molecule has 3 N–H and O–H groups in total. The first-order valence-electron chi connectivity index (χ1n) is 6.87. The van der Waals surface area contributed by atoms with Gasteiger partial charge in [0.05, 0.1) is 12.6 Å². The highest BCUT2D eigenvalue weighted by molar-refractivity contribution is 5.96. The molecule has 104 valence electrons. The molecule has 1 aliphatic heterocycles. The molecule has 2 atom stereocenters. The van der Waals surface area contributed by atoms with E-state index in [1.165, 1.54) is 5.56 Å². The van der Waals surface area contributed by atoms with Crippen molar-refractivity contribution in [3.05, 3.63) is 29.8 Å². The number of aliphatic hydroxyl groups excluding tert-OH is 1. The smallest absolute Gasteiger partial charge is 0.241 e. The second-order valence-electron chi connectivity index (χ2n) is 5.44. The van der Waals surface area contributed by atoms with E-state index in [4.69, 9.17) is 0 Å². The second kappa shape index (κ2) is 6.17. The Bertz CT molecular complexity index is 446. The van der Waals surface area contributed by atoms with Gasteiger partial charge in [0.1, 0.15) is 0 Å². The van der Waals surface area contributed by atoms with Crippen molar-refractivity contribution < 1.29 is 9.90 Å². The molecule has 0 saturated heterocycles. The zero-order valence-electron chi connectivity index (χ0n) is 11.5. The maximum atomic E-state index is 12.2. The average Bonchev–Trinajstić information content (AvgIpc) is 2.54. The van der Waals surface area contributed by atoms with Gasteiger partial charge in [0.2, 0.25) is 5.91 Å². The molecule has 1 heterocycles. The lowest BCUT2D eigenvalue weighted by Crippen LogP contribution is -2.49. The molecule has 1 aromatic rings. The first-order valence-corrected chi connectivity index (χ1v) is 6.87. The lowest BCUT2D eigenvalue weighted by Gasteiger charge is -2.25. The van der Waals surface area contributed by atoms with Crippen LogP contribution in [0.5, 0.6) is 0 Å². The Hall–Kier alpha value is -1.39. The van der Waals surface area contributed by atoms with Crippen LogP contribution in [-0.4, -0.2) is 29.7 Å². The Kier molecular flexibility index (Phi) is 4.56. The summed E-state index contributed by atoms with van der Waals surface area (Å²) < 4.78 is 0. The van der Waals surface area contributed by atoms with Crippen molar-refractivity contribution in [1.29, 1.82) is 0 Å². The standard InChI is InChI=1S/C15H22N2O2/c1-10(2)14(9-18)16-13-8-7-11-5-3-4-6-12(11)17-15(13)19/h3-6,10,13-14,16,18H,7-9H2,1-2H3,(H,17,19). The van der Waals surface area contributed by atoms with Crippen molar-refractivity contribution in [2.45, 2.75) is 38.8 Å². The van der Waals surface area contributed by atoms with Crippen LogP contribution in [0.2, 0.25) is 0 Å². The number of amides is 1. The number of carbonyl (C=O) groups is 1. The summed E-state index contributed by atoms with van der Waals surface area (Å²) in [5, 5.41) is 15.6. The zero-order valence-corrected chi connectivity index (χ0v) is 11.5. The lowest BCUT2D eigenvalue weighted by molar-refractivity contribution is -0.118. The molecule has 2 rings (SSSR count). The quantitative estimate of drug-likeness (QED) is 0.771. The predicted octanol–water partition coefficient (Wildman–Crippen LogP) is 1.55. The molecular formula is C15H22N2O2. The second-order valence-corrected chi connectivity index (χ2v) is 5.44. The minimum atomic E-state index is -0.244. The first-order chi connectivity index (χ1) is 9.11. The summed E-state index contributed by atoms with van der Waals surface area (Å²) in [6, 6.07) is 7.61. The largest absolute Gasteiger partial charge is 0.395 e. The Morgan fingerprint density at radius 1 is 1.42 bits per heavy atom. The summed E-state index contributed by atoms with van der Waals surface area (Å²) in [7, 11) is 0. The third-order valence-electron chi connectivity index (χ3n) is 3.71. The van der Waals surface area contributed by atoms with Crippen LogP contribution in [0.1, 0.15) is 25.8 Å². The molecule has 0 saturated carbocycles. The number of rotatable bonds is 4. The number of benzene rings is 1. The van der Waals surface area contributed by atoms with Crippen molar-refractivity contribution in [3.63, 3.8) is 0 Å². The highest BCUT2D eigenvalue weighted by Gasteiger charge is 2.26. The van der Waals surface area contributed by atoms with Gasteiger partial charge in [-0.25, -0.2) is 0 Å². The van der Waals surface area contributed by atoms with Gasteiger partial charge in [0.15, 0.2) is 0 Å². The van der Waals surface area contributed by atoms with Crippen LogP contribution in [0.15, 0.2) is 24.3 Å². The zero-order chi connectivity index (χ0) is 13.8. The molecule has 19 heavy (non-hydrogen) atoms. The molecule has 1 aromatic carbocycles. The van der Waals surface area contributed by atoms with Gasteiger partial charge in [-0.3, -0.25) is 4.79 Å². The third-order valence-corrected chi connectivity index (χ3v) is 3.71. The van der Waals surface area contributed by atoms with E-state index in [0.717, 1.165) is 18.5 Å². The Morgan fingerprint density at radius 3 is 2.84 bits per heavy atom. The molecule has 0 spiro atoms. The van der Waals surface area contributed by atoms with Crippen molar-refractivity contribution in [1.82, 2.24) is 5.32 Å². The SMILES string of the molecule is CC(C)C(CO)NC1CCc2ccccc2NC1=O. The third kappa shape index (κ3) is 3.33. The van der Waals surface area contributed by atoms with E-state index in [2.05, 4.69) is 10.6 Å². The summed E-state index contributed by atoms with van der Waals surface area (Å²) in [5.74, 6) is 0.285. The highest BCUT2D eigenvalue weighted by atomic mass is 16.3. The molecule has 0 radical (unpaired) electrons. The van der Waals surface area contributed by atoms with Crippen LogP contribution in [0.3, 0.4) is 0 Å². The van der Waals surface area contributed by atoms with Gasteiger partial charge in [0.25, 0.3) is 0 Å². The van der Waals surface area contributed by atoms with Gasteiger partial charge in [-0.05, 0) is 30.4 Å². The number of aliphatic hydroxyl groups is 1. The average molecular weight is 262 g/mol. The van der Waals surface area contributed by atoms with Crippen LogP contribution in [0.25, 0.3) is 0 Å². The number of carbonyl (C=O) groups excluding carboxylic acids is 1. The molecule has 0 aromatic heterocycles. The summed E-state index contributed by atoms with van der Waals surface area (Å²) in [6.07, 6.45) is 1.62. The minimum absolute atomic E-state index is 0.0101. The van der Waals surface area contributed by atoms with Crippen molar-refractivity contribution in [3.8, 4) is 0 Å². The fourth-order valence-corrected chi connectivity index (χ4v) is 2.38. The van der Waals surface area contributed by atoms with Gasteiger partial charge in [-0.1, -0.05) is 32.0 Å². The summed E-state index contributed by atoms with van der Waals surface area (Å²) in [6.45, 7) is 4.13. The van der Waals surface area contributed by atoms with Crippen molar-refractivity contribution >= 4 is 11.6 Å². The number of aryl methyl sites for hydroxylation is 1. The number of para-hydroxylation sites is 1. The Morgan fingerprint density at radius 2 is 2.16 bits per heavy atom. The normalized spacial score (nSPS) is 20.6. The maximum absolute atomic E-state index is 12.2. The molecule has 2 unspecified atom stereocenters. The van der Waals surface area contributed by atoms with Gasteiger partial charge >= 0.3 is 0 Å². The molecule has 4 heteroatoms. The van der Waals surface area contributed by atoms with Crippen LogP contribution in [0.4, 0.5) is 5.69 Å². The van der Waals surface area contributed by atoms with E-state index in [1.54, 1.807) is 0 Å². The van der Waals surface area contributed by atoms with E-state index >= 15 is 0 Å². The number of hydrogen-bond donors (Lipinski definition) is 3. The molecular weight excluding hydrogens is 240 g/mol. The monoisotopic (exact) mass is 262 g/mol. The van der Waals surface area contributed by atoms with E-state index in [-0.39, 0.29) is 24.6 Å². The van der Waals surface area contributed by atoms with E-state index in [0.29, 0.717) is 5.92 Å². The molecule has 1 aliphatic rings. The van der Waals surface area contributed by atoms with E-state index < -0.39 is 0 Å². The van der Waals surface area contributed by atoms with E-state index in [9.17, 15) is 9.90 Å². The van der Waals surface area contributed by atoms with Crippen LogP contribution in [-0.2, 0) is 11.2 Å².